The second-order valence-corrected chi connectivity index (χ2v) is 12.2. The lowest BCUT2D eigenvalue weighted by Gasteiger charge is -2.15. The highest BCUT2D eigenvalue weighted by molar-refractivity contribution is 6.07. The molecule has 0 saturated heterocycles. The van der Waals surface area contributed by atoms with Gasteiger partial charge in [0, 0.05) is 28.5 Å². The van der Waals surface area contributed by atoms with Crippen LogP contribution in [0.3, 0.4) is 0 Å². The van der Waals surface area contributed by atoms with Gasteiger partial charge in [0.25, 0.3) is 0 Å². The van der Waals surface area contributed by atoms with Crippen molar-refractivity contribution >= 4 is 39.9 Å². The number of nitrogens with one attached hydrogen (secondary N) is 3. The molecule has 3 aromatic carbocycles. The van der Waals surface area contributed by atoms with E-state index in [1.165, 1.54) is 16.8 Å². The van der Waals surface area contributed by atoms with Gasteiger partial charge in [0.15, 0.2) is 0 Å². The summed E-state index contributed by atoms with van der Waals surface area (Å²) in [7, 11) is 0. The smallest absolute Gasteiger partial charge is 0.324 e. The molecule has 0 bridgehead atoms. The lowest BCUT2D eigenvalue weighted by atomic mass is 9.92. The van der Waals surface area contributed by atoms with Crippen molar-refractivity contribution in [1.82, 2.24) is 24.7 Å². The highest BCUT2D eigenvalue weighted by Crippen LogP contribution is 2.33. The van der Waals surface area contributed by atoms with E-state index in [-0.39, 0.29) is 5.41 Å². The normalized spacial score (nSPS) is 11.4. The van der Waals surface area contributed by atoms with E-state index in [9.17, 15) is 9.18 Å². The molecule has 6 aromatic rings. The summed E-state index contributed by atoms with van der Waals surface area (Å²) in [5, 5.41) is 15.4. The van der Waals surface area contributed by atoms with Gasteiger partial charge in [-0.1, -0.05) is 51.1 Å². The van der Waals surface area contributed by atoms with Gasteiger partial charge in [-0.15, -0.1) is 0 Å². The van der Waals surface area contributed by atoms with Crippen LogP contribution in [0.4, 0.5) is 32.3 Å². The number of ether oxygens (including phenoxy) is 1. The summed E-state index contributed by atoms with van der Waals surface area (Å²) in [4.78, 5) is 26.6. The van der Waals surface area contributed by atoms with Crippen LogP contribution >= 0.6 is 0 Å². The van der Waals surface area contributed by atoms with Gasteiger partial charge in [0.1, 0.15) is 35.6 Å². The number of carbonyl (C=O) groups is 1. The zero-order valence-electron chi connectivity index (χ0n) is 26.8. The van der Waals surface area contributed by atoms with Gasteiger partial charge >= 0.3 is 6.03 Å². The lowest BCUT2D eigenvalue weighted by Crippen LogP contribution is -2.21. The second-order valence-electron chi connectivity index (χ2n) is 12.2. The number of carbonyl (C=O) groups excluding carboxylic acids is 1. The third-order valence-corrected chi connectivity index (χ3v) is 7.57. The predicted molar refractivity (Wildman–Crippen MR) is 182 cm³/mol. The van der Waals surface area contributed by atoms with Crippen LogP contribution in [0.1, 0.15) is 43.4 Å². The van der Waals surface area contributed by atoms with Crippen LogP contribution < -0.4 is 20.7 Å². The standard InChI is InChI=1S/C36H35FN8O2/c1-22-23(2)40-33(20-39-22)42-32-17-24(15-16-38-32)21-47-30-14-13-29(27-11-6-7-12-28(27)30)41-35(46)43-34-19-31(36(3,4)5)44-45(34)26-10-8-9-25(37)18-26/h6-20H,21H2,1-5H3,(H,38,40,42)(H2,41,43,46). The Bertz CT molecular complexity index is 2090. The van der Waals surface area contributed by atoms with Gasteiger partial charge in [-0.2, -0.15) is 5.10 Å². The highest BCUT2D eigenvalue weighted by atomic mass is 19.1. The van der Waals surface area contributed by atoms with Crippen molar-refractivity contribution in [2.75, 3.05) is 16.0 Å². The van der Waals surface area contributed by atoms with Crippen molar-refractivity contribution in [2.45, 2.75) is 46.6 Å². The maximum absolute atomic E-state index is 14.1. The molecule has 2 amide bonds. The molecular weight excluding hydrogens is 595 g/mol. The number of halogens is 1. The molecule has 0 unspecified atom stereocenters. The molecule has 0 saturated carbocycles. The topological polar surface area (TPSA) is 119 Å². The minimum absolute atomic E-state index is 0.291. The Balaban J connectivity index is 1.19. The Morgan fingerprint density at radius 1 is 0.872 bits per heavy atom. The Hall–Kier alpha value is -5.84. The molecular formula is C36H35FN8O2. The molecule has 10 nitrogen and oxygen atoms in total. The number of anilines is 4. The van der Waals surface area contributed by atoms with Crippen molar-refractivity contribution in [3.63, 3.8) is 0 Å². The van der Waals surface area contributed by atoms with Gasteiger partial charge in [-0.3, -0.25) is 10.3 Å². The number of amides is 2. The molecule has 0 aliphatic carbocycles. The van der Waals surface area contributed by atoms with Crippen LogP contribution in [0.15, 0.2) is 91.3 Å². The van der Waals surface area contributed by atoms with Gasteiger partial charge in [0.2, 0.25) is 0 Å². The fourth-order valence-electron chi connectivity index (χ4n) is 4.94. The number of hydrogen-bond acceptors (Lipinski definition) is 7. The SMILES string of the molecule is Cc1ncc(Nc2cc(COc3ccc(NC(=O)Nc4cc(C(C)(C)C)nn4-c4cccc(F)c4)c4ccccc34)ccn2)nc1C. The molecule has 0 spiro atoms. The van der Waals surface area contributed by atoms with E-state index in [1.807, 2.05) is 77.1 Å². The number of pyridine rings is 1. The zero-order valence-corrected chi connectivity index (χ0v) is 26.8. The average Bonchev–Trinajstić information content (AvgIpc) is 3.47. The quantitative estimate of drug-likeness (QED) is 0.155. The molecule has 47 heavy (non-hydrogen) atoms. The summed E-state index contributed by atoms with van der Waals surface area (Å²) in [5.41, 5.74) is 4.20. The third kappa shape index (κ3) is 7.19. The Morgan fingerprint density at radius 2 is 1.68 bits per heavy atom. The molecule has 11 heteroatoms. The number of hydrogen-bond donors (Lipinski definition) is 3. The lowest BCUT2D eigenvalue weighted by molar-refractivity contribution is 0.262. The van der Waals surface area contributed by atoms with Crippen molar-refractivity contribution in [3.8, 4) is 11.4 Å². The molecule has 3 heterocycles. The van der Waals surface area contributed by atoms with Crippen molar-refractivity contribution < 1.29 is 13.9 Å². The summed E-state index contributed by atoms with van der Waals surface area (Å²) in [6.07, 6.45) is 3.39. The summed E-state index contributed by atoms with van der Waals surface area (Å²) in [5.74, 6) is 1.93. The van der Waals surface area contributed by atoms with Crippen LogP contribution in [-0.2, 0) is 12.0 Å². The van der Waals surface area contributed by atoms with E-state index in [1.54, 1.807) is 36.7 Å². The second kappa shape index (κ2) is 12.9. The van der Waals surface area contributed by atoms with E-state index < -0.39 is 11.8 Å². The zero-order chi connectivity index (χ0) is 33.1. The largest absolute Gasteiger partial charge is 0.488 e. The fraction of sp³-hybridized carbons (Fsp3) is 0.194. The Labute approximate surface area is 272 Å². The molecule has 0 aliphatic heterocycles. The van der Waals surface area contributed by atoms with Crippen LogP contribution in [0, 0.1) is 19.7 Å². The molecule has 0 fully saturated rings. The number of urea groups is 1. The fourth-order valence-corrected chi connectivity index (χ4v) is 4.94. The molecule has 3 aromatic heterocycles. The predicted octanol–water partition coefficient (Wildman–Crippen LogP) is 8.23. The van der Waals surface area contributed by atoms with Crippen LogP contribution in [0.25, 0.3) is 16.5 Å². The minimum atomic E-state index is -0.466. The number of fused-ring (bicyclic) bond motifs is 1. The van der Waals surface area contributed by atoms with Crippen LogP contribution in [0.5, 0.6) is 5.75 Å². The van der Waals surface area contributed by atoms with Gasteiger partial charge < -0.3 is 15.4 Å². The van der Waals surface area contributed by atoms with E-state index in [0.29, 0.717) is 41.2 Å². The van der Waals surface area contributed by atoms with Crippen LogP contribution in [0.2, 0.25) is 0 Å². The molecule has 0 radical (unpaired) electrons. The molecule has 238 valence electrons. The number of rotatable bonds is 8. The van der Waals surface area contributed by atoms with E-state index in [0.717, 1.165) is 33.4 Å². The maximum Gasteiger partial charge on any atom is 0.324 e. The van der Waals surface area contributed by atoms with Crippen molar-refractivity contribution in [3.05, 3.63) is 120 Å². The highest BCUT2D eigenvalue weighted by Gasteiger charge is 2.22. The summed E-state index contributed by atoms with van der Waals surface area (Å²) in [6, 6.07) is 22.5. The Kier molecular flexibility index (Phi) is 8.53. The molecule has 6 rings (SSSR count). The third-order valence-electron chi connectivity index (χ3n) is 7.57. The number of benzene rings is 3. The first-order valence-corrected chi connectivity index (χ1v) is 15.1. The summed E-state index contributed by atoms with van der Waals surface area (Å²) < 4.78 is 21.9. The molecule has 0 atom stereocenters. The monoisotopic (exact) mass is 630 g/mol. The van der Waals surface area contributed by atoms with Gasteiger partial charge in [0.05, 0.1) is 34.7 Å². The van der Waals surface area contributed by atoms with Crippen LogP contribution in [-0.4, -0.2) is 30.8 Å². The van der Waals surface area contributed by atoms with E-state index >= 15 is 0 Å². The average molecular weight is 631 g/mol. The van der Waals surface area contributed by atoms with E-state index in [4.69, 9.17) is 4.74 Å². The number of nitrogens with zero attached hydrogens (tertiary/aromatic N) is 5. The first kappa shape index (κ1) is 31.2. The molecule has 0 aliphatic rings. The first-order valence-electron chi connectivity index (χ1n) is 15.1. The van der Waals surface area contributed by atoms with Gasteiger partial charge in [-0.25, -0.2) is 23.8 Å². The maximum atomic E-state index is 14.1. The number of aryl methyl sites for hydroxylation is 2. The number of aromatic nitrogens is 5. The minimum Gasteiger partial charge on any atom is -0.488 e. The summed E-state index contributed by atoms with van der Waals surface area (Å²) in [6.45, 7) is 10.2. The first-order chi connectivity index (χ1) is 22.5. The van der Waals surface area contributed by atoms with E-state index in [2.05, 4.69) is 36.0 Å². The summed E-state index contributed by atoms with van der Waals surface area (Å²) >= 11 is 0. The van der Waals surface area contributed by atoms with Crippen molar-refractivity contribution in [1.29, 1.82) is 0 Å². The van der Waals surface area contributed by atoms with Crippen molar-refractivity contribution in [2.24, 2.45) is 0 Å². The Morgan fingerprint density at radius 3 is 2.45 bits per heavy atom. The van der Waals surface area contributed by atoms with Gasteiger partial charge in [-0.05, 0) is 61.9 Å². The molecule has 3 N–H and O–H groups in total.